The zero-order valence-corrected chi connectivity index (χ0v) is 23.5. The van der Waals surface area contributed by atoms with E-state index < -0.39 is 32.6 Å². The molecular weight excluding hydrogens is 549 g/mol. The van der Waals surface area contributed by atoms with Gasteiger partial charge in [0.05, 0.1) is 28.3 Å². The van der Waals surface area contributed by atoms with Crippen LogP contribution in [0.15, 0.2) is 56.8 Å². The molecule has 0 aliphatic heterocycles. The maximum Gasteiger partial charge on any atom is 0.336 e. The third-order valence-corrected chi connectivity index (χ3v) is 8.40. The van der Waals surface area contributed by atoms with E-state index in [9.17, 15) is 22.8 Å². The molecule has 1 aliphatic rings. The van der Waals surface area contributed by atoms with Crippen LogP contribution in [0, 0.1) is 25.1 Å². The Labute approximate surface area is 235 Å². The fourth-order valence-electron chi connectivity index (χ4n) is 4.85. The average molecular weight is 578 g/mol. The quantitative estimate of drug-likeness (QED) is 0.309. The van der Waals surface area contributed by atoms with Crippen LogP contribution < -0.4 is 26.8 Å². The van der Waals surface area contributed by atoms with Gasteiger partial charge in [-0.1, -0.05) is 12.0 Å². The SMILES string of the molecule is C#Cc1ccc(Nc2c3c(=O)n(C4CC4)c(=O)n(-c4cccc(NS(=O)(=O)CC)c4)c3c(C)c(=O)n2CC)c(F)c1. The largest absolute Gasteiger partial charge is 0.338 e. The second-order valence-corrected chi connectivity index (χ2v) is 11.8. The number of rotatable bonds is 8. The number of nitrogens with zero attached hydrogens (tertiary/aromatic N) is 3. The van der Waals surface area contributed by atoms with Crippen molar-refractivity contribution in [1.29, 1.82) is 0 Å². The molecule has 0 bridgehead atoms. The highest BCUT2D eigenvalue weighted by Crippen LogP contribution is 2.34. The molecule has 1 fully saturated rings. The zero-order valence-electron chi connectivity index (χ0n) is 22.7. The van der Waals surface area contributed by atoms with Gasteiger partial charge in [-0.3, -0.25) is 28.0 Å². The van der Waals surface area contributed by atoms with E-state index in [1.54, 1.807) is 19.1 Å². The van der Waals surface area contributed by atoms with Gasteiger partial charge in [-0.25, -0.2) is 17.6 Å². The van der Waals surface area contributed by atoms with Crippen LogP contribution >= 0.6 is 0 Å². The van der Waals surface area contributed by atoms with E-state index in [-0.39, 0.29) is 57.7 Å². The highest BCUT2D eigenvalue weighted by atomic mass is 32.2. The van der Waals surface area contributed by atoms with E-state index in [1.807, 2.05) is 0 Å². The molecule has 2 heterocycles. The number of fused-ring (bicyclic) bond motifs is 1. The number of benzene rings is 2. The van der Waals surface area contributed by atoms with E-state index in [1.165, 1.54) is 47.2 Å². The molecule has 41 heavy (non-hydrogen) atoms. The van der Waals surface area contributed by atoms with Crippen molar-refractivity contribution in [1.82, 2.24) is 13.7 Å². The summed E-state index contributed by atoms with van der Waals surface area (Å²) in [6.07, 6.45) is 6.63. The highest BCUT2D eigenvalue weighted by Gasteiger charge is 2.32. The second kappa shape index (κ2) is 10.4. The van der Waals surface area contributed by atoms with Crippen molar-refractivity contribution in [3.8, 4) is 18.0 Å². The van der Waals surface area contributed by atoms with Gasteiger partial charge in [0.2, 0.25) is 10.0 Å². The Balaban J connectivity index is 1.89. The number of nitrogens with one attached hydrogen (secondary N) is 2. The molecule has 2 N–H and O–H groups in total. The minimum absolute atomic E-state index is 0.0122. The van der Waals surface area contributed by atoms with Gasteiger partial charge >= 0.3 is 5.69 Å². The molecule has 0 atom stereocenters. The van der Waals surface area contributed by atoms with Gasteiger partial charge in [-0.2, -0.15) is 0 Å². The first-order valence-electron chi connectivity index (χ1n) is 13.1. The summed E-state index contributed by atoms with van der Waals surface area (Å²) in [5, 5.41) is 2.95. The number of aryl methyl sites for hydroxylation is 1. The van der Waals surface area contributed by atoms with Gasteiger partial charge < -0.3 is 5.32 Å². The zero-order chi connectivity index (χ0) is 29.6. The number of pyridine rings is 1. The van der Waals surface area contributed by atoms with Crippen molar-refractivity contribution in [2.24, 2.45) is 0 Å². The van der Waals surface area contributed by atoms with Crippen LogP contribution in [0.1, 0.15) is 43.9 Å². The Bertz CT molecular complexity index is 2050. The number of hydrogen-bond acceptors (Lipinski definition) is 6. The van der Waals surface area contributed by atoms with Gasteiger partial charge in [0.15, 0.2) is 0 Å². The molecule has 2 aromatic heterocycles. The smallest absolute Gasteiger partial charge is 0.336 e. The average Bonchev–Trinajstić information content (AvgIpc) is 3.77. The predicted octanol–water partition coefficient (Wildman–Crippen LogP) is 3.60. The molecule has 12 heteroatoms. The van der Waals surface area contributed by atoms with Crippen molar-refractivity contribution in [2.75, 3.05) is 15.8 Å². The Morgan fingerprint density at radius 1 is 1.07 bits per heavy atom. The highest BCUT2D eigenvalue weighted by molar-refractivity contribution is 7.92. The van der Waals surface area contributed by atoms with Crippen molar-refractivity contribution in [2.45, 2.75) is 46.2 Å². The van der Waals surface area contributed by atoms with Gasteiger partial charge in [-0.15, -0.1) is 6.42 Å². The third kappa shape index (κ3) is 4.93. The van der Waals surface area contributed by atoms with Crippen molar-refractivity contribution < 1.29 is 12.8 Å². The fraction of sp³-hybridized carbons (Fsp3) is 0.276. The standard InChI is InChI=1S/C29H28FN5O5S/c1-5-18-11-14-23(22(30)15-18)31-26-24-25(17(4)27(36)33(26)6-2)34(29(38)35(28(24)37)20-12-13-20)21-10-8-9-19(16-21)32-41(39,40)7-3/h1,8-11,14-16,20,31-32H,6-7,12-13H2,2-4H3. The lowest BCUT2D eigenvalue weighted by atomic mass is 10.1. The van der Waals surface area contributed by atoms with Gasteiger partial charge in [0, 0.05) is 23.7 Å². The van der Waals surface area contributed by atoms with Gasteiger partial charge in [-0.05, 0) is 70.0 Å². The molecule has 5 rings (SSSR count). The second-order valence-electron chi connectivity index (χ2n) is 9.79. The van der Waals surface area contributed by atoms with Crippen molar-refractivity contribution >= 4 is 38.1 Å². The molecule has 0 radical (unpaired) electrons. The minimum Gasteiger partial charge on any atom is -0.338 e. The van der Waals surface area contributed by atoms with Crippen LogP contribution in [0.4, 0.5) is 21.6 Å². The number of halogens is 1. The Morgan fingerprint density at radius 2 is 1.80 bits per heavy atom. The molecule has 10 nitrogen and oxygen atoms in total. The summed E-state index contributed by atoms with van der Waals surface area (Å²) < 4.78 is 45.7. The topological polar surface area (TPSA) is 124 Å². The number of anilines is 3. The first-order chi connectivity index (χ1) is 19.5. The molecule has 212 valence electrons. The Morgan fingerprint density at radius 3 is 2.41 bits per heavy atom. The summed E-state index contributed by atoms with van der Waals surface area (Å²) in [4.78, 5) is 41.6. The lowest BCUT2D eigenvalue weighted by Gasteiger charge is -2.22. The number of aromatic nitrogens is 3. The molecule has 1 saturated carbocycles. The molecule has 4 aromatic rings. The van der Waals surface area contributed by atoms with E-state index in [0.717, 1.165) is 10.6 Å². The maximum atomic E-state index is 15.0. The van der Waals surface area contributed by atoms with Crippen LogP contribution in [0.3, 0.4) is 0 Å². The summed E-state index contributed by atoms with van der Waals surface area (Å²) in [5.41, 5.74) is -0.812. The van der Waals surface area contributed by atoms with E-state index in [4.69, 9.17) is 6.42 Å². The summed E-state index contributed by atoms with van der Waals surface area (Å²) in [7, 11) is -3.62. The molecular formula is C29H28FN5O5S. The van der Waals surface area contributed by atoms with Crippen LogP contribution in [-0.4, -0.2) is 27.9 Å². The minimum atomic E-state index is -3.62. The molecule has 2 aromatic carbocycles. The first-order valence-corrected chi connectivity index (χ1v) is 14.7. The van der Waals surface area contributed by atoms with Crippen LogP contribution in [0.2, 0.25) is 0 Å². The van der Waals surface area contributed by atoms with Gasteiger partial charge in [0.1, 0.15) is 17.0 Å². The van der Waals surface area contributed by atoms with E-state index in [2.05, 4.69) is 16.0 Å². The number of terminal acetylenes is 1. The monoisotopic (exact) mass is 577 g/mol. The van der Waals surface area contributed by atoms with E-state index >= 15 is 4.39 Å². The molecule has 0 saturated heterocycles. The summed E-state index contributed by atoms with van der Waals surface area (Å²) in [5.74, 6) is 1.55. The molecule has 0 amide bonds. The lowest BCUT2D eigenvalue weighted by molar-refractivity contribution is 0.602. The summed E-state index contributed by atoms with van der Waals surface area (Å²) >= 11 is 0. The fourth-order valence-corrected chi connectivity index (χ4v) is 5.48. The third-order valence-electron chi connectivity index (χ3n) is 7.09. The summed E-state index contributed by atoms with van der Waals surface area (Å²) in [6.45, 7) is 4.88. The van der Waals surface area contributed by atoms with Crippen molar-refractivity contribution in [3.63, 3.8) is 0 Å². The lowest BCUT2D eigenvalue weighted by Crippen LogP contribution is -2.41. The molecule has 0 unspecified atom stereocenters. The maximum absolute atomic E-state index is 15.0. The van der Waals surface area contributed by atoms with Crippen LogP contribution in [0.25, 0.3) is 16.6 Å². The normalized spacial score (nSPS) is 13.2. The molecule has 0 spiro atoms. The number of sulfonamides is 1. The van der Waals surface area contributed by atoms with Gasteiger partial charge in [0.25, 0.3) is 11.1 Å². The Kier molecular flexibility index (Phi) is 7.08. The van der Waals surface area contributed by atoms with Crippen molar-refractivity contribution in [3.05, 3.63) is 90.6 Å². The predicted molar refractivity (Wildman–Crippen MR) is 157 cm³/mol. The summed E-state index contributed by atoms with van der Waals surface area (Å²) in [6, 6.07) is 9.92. The van der Waals surface area contributed by atoms with Crippen LogP contribution in [0.5, 0.6) is 0 Å². The van der Waals surface area contributed by atoms with E-state index in [0.29, 0.717) is 18.4 Å². The number of hydrogen-bond donors (Lipinski definition) is 2. The first kappa shape index (κ1) is 27.9. The Hall–Kier alpha value is -4.63. The van der Waals surface area contributed by atoms with Crippen LogP contribution in [-0.2, 0) is 16.6 Å². The molecule has 1 aliphatic carbocycles.